The first-order valence-electron chi connectivity index (χ1n) is 9.92. The monoisotopic (exact) mass is 444 g/mol. The number of hydrogen-bond donors (Lipinski definition) is 1. The van der Waals surface area contributed by atoms with E-state index in [-0.39, 0.29) is 24.8 Å². The Balaban J connectivity index is 1.62. The molecule has 0 aliphatic carbocycles. The zero-order valence-corrected chi connectivity index (χ0v) is 16.8. The molecule has 9 heteroatoms. The van der Waals surface area contributed by atoms with Crippen molar-refractivity contribution in [3.8, 4) is 11.3 Å². The van der Waals surface area contributed by atoms with Crippen LogP contribution in [0.15, 0.2) is 48.8 Å². The Morgan fingerprint density at radius 3 is 2.62 bits per heavy atom. The Morgan fingerprint density at radius 1 is 1.09 bits per heavy atom. The van der Waals surface area contributed by atoms with Gasteiger partial charge in [0.1, 0.15) is 28.8 Å². The summed E-state index contributed by atoms with van der Waals surface area (Å²) >= 11 is 0. The molecule has 4 rings (SSSR count). The molecule has 166 valence electrons. The molecule has 1 saturated heterocycles. The summed E-state index contributed by atoms with van der Waals surface area (Å²) in [5.74, 6) is -3.43. The number of carbonyl (C=O) groups excluding carboxylic acids is 1. The normalized spacial score (nSPS) is 18.5. The maximum Gasteiger partial charge on any atom is 0.185 e. The molecule has 0 saturated carbocycles. The second-order valence-corrected chi connectivity index (χ2v) is 7.23. The topological polar surface area (TPSA) is 81.5 Å². The van der Waals surface area contributed by atoms with Gasteiger partial charge in [-0.15, -0.1) is 0 Å². The van der Waals surface area contributed by atoms with E-state index in [9.17, 15) is 23.1 Å². The Morgan fingerprint density at radius 2 is 1.88 bits per heavy atom. The van der Waals surface area contributed by atoms with Crippen LogP contribution in [-0.4, -0.2) is 40.2 Å². The van der Waals surface area contributed by atoms with E-state index >= 15 is 0 Å². The molecule has 0 radical (unpaired) electrons. The molecule has 6 nitrogen and oxygen atoms in total. The third-order valence-electron chi connectivity index (χ3n) is 5.11. The van der Waals surface area contributed by atoms with Crippen molar-refractivity contribution in [2.24, 2.45) is 0 Å². The van der Waals surface area contributed by atoms with Crippen LogP contribution in [0.5, 0.6) is 0 Å². The van der Waals surface area contributed by atoms with Gasteiger partial charge in [-0.3, -0.25) is 9.78 Å². The van der Waals surface area contributed by atoms with Crippen LogP contribution in [0.25, 0.3) is 11.3 Å². The Hall–Kier alpha value is -3.14. The van der Waals surface area contributed by atoms with E-state index in [1.54, 1.807) is 6.07 Å². The highest BCUT2D eigenvalue weighted by Gasteiger charge is 2.27. The smallest absolute Gasteiger partial charge is 0.185 e. The summed E-state index contributed by atoms with van der Waals surface area (Å²) in [5.41, 5.74) is -0.319. The van der Waals surface area contributed by atoms with Gasteiger partial charge in [-0.2, -0.15) is 0 Å². The lowest BCUT2D eigenvalue weighted by atomic mass is 10.0. The number of pyridine rings is 2. The first-order chi connectivity index (χ1) is 15.5. The predicted molar refractivity (Wildman–Crippen MR) is 107 cm³/mol. The van der Waals surface area contributed by atoms with Crippen LogP contribution < -0.4 is 0 Å². The van der Waals surface area contributed by atoms with Gasteiger partial charge in [-0.25, -0.2) is 18.2 Å². The maximum absolute atomic E-state index is 14.3. The largest absolute Gasteiger partial charge is 0.394 e. The van der Waals surface area contributed by atoms with Crippen LogP contribution >= 0.6 is 0 Å². The van der Waals surface area contributed by atoms with Gasteiger partial charge in [0, 0.05) is 24.4 Å². The molecule has 3 heterocycles. The molecule has 32 heavy (non-hydrogen) atoms. The summed E-state index contributed by atoms with van der Waals surface area (Å²) in [7, 11) is 0. The van der Waals surface area contributed by atoms with E-state index in [1.807, 2.05) is 0 Å². The van der Waals surface area contributed by atoms with Crippen molar-refractivity contribution in [1.82, 2.24) is 9.97 Å². The molecule has 0 spiro atoms. The summed E-state index contributed by atoms with van der Waals surface area (Å²) in [6.07, 6.45) is 2.20. The first-order valence-corrected chi connectivity index (χ1v) is 9.92. The average Bonchev–Trinajstić information content (AvgIpc) is 2.80. The standard InChI is InChI=1S/C23H19F3N2O4/c24-16-2-1-3-17(25)21(16)22-18(26)4-5-19(28-22)20(30)10-13-11-27-8-6-15(13)23-31-9-7-14(12-29)32-23/h1-6,8,11,14,23,29H,7,9-10,12H2/t14-,23-/m1/s1. The number of hydrogen-bond acceptors (Lipinski definition) is 6. The van der Waals surface area contributed by atoms with Crippen LogP contribution in [0.2, 0.25) is 0 Å². The molecule has 2 aromatic heterocycles. The van der Waals surface area contributed by atoms with Gasteiger partial charge in [-0.1, -0.05) is 6.07 Å². The molecule has 1 aliphatic rings. The zero-order chi connectivity index (χ0) is 22.7. The molecule has 1 aliphatic heterocycles. The van der Waals surface area contributed by atoms with Gasteiger partial charge >= 0.3 is 0 Å². The van der Waals surface area contributed by atoms with E-state index in [2.05, 4.69) is 9.97 Å². The second kappa shape index (κ2) is 9.56. The molecular formula is C23H19F3N2O4. The van der Waals surface area contributed by atoms with Gasteiger partial charge in [0.2, 0.25) is 0 Å². The third-order valence-corrected chi connectivity index (χ3v) is 5.11. The van der Waals surface area contributed by atoms with E-state index in [4.69, 9.17) is 9.47 Å². The summed E-state index contributed by atoms with van der Waals surface area (Å²) in [5, 5.41) is 9.36. The molecule has 3 aromatic rings. The molecule has 0 unspecified atom stereocenters. The van der Waals surface area contributed by atoms with Crippen molar-refractivity contribution in [2.45, 2.75) is 25.2 Å². The SMILES string of the molecule is O=C(Cc1cnccc1[C@@H]1OCC[C@H](CO)O1)c1ccc(F)c(-c2c(F)cccc2F)n1. The minimum absolute atomic E-state index is 0.155. The Kier molecular flexibility index (Phi) is 6.59. The molecule has 1 fully saturated rings. The number of carbonyl (C=O) groups is 1. The third kappa shape index (κ3) is 4.55. The summed E-state index contributed by atoms with van der Waals surface area (Å²) < 4.78 is 53.9. The highest BCUT2D eigenvalue weighted by molar-refractivity contribution is 5.96. The molecular weight excluding hydrogens is 425 g/mol. The highest BCUT2D eigenvalue weighted by Crippen LogP contribution is 2.30. The molecule has 2 atom stereocenters. The Labute approximate surface area is 181 Å². The van der Waals surface area contributed by atoms with Crippen LogP contribution in [0.4, 0.5) is 13.2 Å². The average molecular weight is 444 g/mol. The number of ether oxygens (including phenoxy) is 2. The van der Waals surface area contributed by atoms with Crippen molar-refractivity contribution in [3.05, 3.63) is 83.1 Å². The summed E-state index contributed by atoms with van der Waals surface area (Å²) in [6.45, 7) is 0.219. The number of Topliss-reactive ketones (excluding diaryl/α,β-unsaturated/α-hetero) is 1. The molecule has 1 N–H and O–H groups in total. The fraction of sp³-hybridized carbons (Fsp3) is 0.261. The van der Waals surface area contributed by atoms with Gasteiger partial charge in [0.05, 0.1) is 24.9 Å². The highest BCUT2D eigenvalue weighted by atomic mass is 19.1. The Bertz CT molecular complexity index is 1120. The van der Waals surface area contributed by atoms with Crippen molar-refractivity contribution in [3.63, 3.8) is 0 Å². The first kappa shape index (κ1) is 22.1. The van der Waals surface area contributed by atoms with Gasteiger partial charge in [0.25, 0.3) is 0 Å². The number of nitrogens with zero attached hydrogens (tertiary/aromatic N) is 2. The quantitative estimate of drug-likeness (QED) is 0.583. The lowest BCUT2D eigenvalue weighted by Gasteiger charge is -2.30. The van der Waals surface area contributed by atoms with Crippen LogP contribution in [-0.2, 0) is 15.9 Å². The van der Waals surface area contributed by atoms with Gasteiger partial charge < -0.3 is 14.6 Å². The number of aromatic nitrogens is 2. The number of aliphatic hydroxyl groups excluding tert-OH is 1. The lowest BCUT2D eigenvalue weighted by molar-refractivity contribution is -0.224. The van der Waals surface area contributed by atoms with Gasteiger partial charge in [0.15, 0.2) is 12.1 Å². The number of rotatable bonds is 6. The van der Waals surface area contributed by atoms with E-state index in [1.165, 1.54) is 12.4 Å². The maximum atomic E-state index is 14.3. The number of benzene rings is 1. The number of aliphatic hydroxyl groups is 1. The number of ketones is 1. The lowest BCUT2D eigenvalue weighted by Crippen LogP contribution is -2.30. The van der Waals surface area contributed by atoms with Crippen LogP contribution in [0.3, 0.4) is 0 Å². The summed E-state index contributed by atoms with van der Waals surface area (Å²) in [6, 6.07) is 6.88. The van der Waals surface area contributed by atoms with Crippen LogP contribution in [0.1, 0.15) is 34.3 Å². The van der Waals surface area contributed by atoms with Crippen molar-refractivity contribution in [1.29, 1.82) is 0 Å². The van der Waals surface area contributed by atoms with Crippen molar-refractivity contribution >= 4 is 5.78 Å². The van der Waals surface area contributed by atoms with Crippen molar-refractivity contribution < 1.29 is 32.5 Å². The predicted octanol–water partition coefficient (Wildman–Crippen LogP) is 3.78. The van der Waals surface area contributed by atoms with E-state index in [0.29, 0.717) is 24.2 Å². The minimum Gasteiger partial charge on any atom is -0.394 e. The van der Waals surface area contributed by atoms with Crippen molar-refractivity contribution in [2.75, 3.05) is 13.2 Å². The fourth-order valence-electron chi connectivity index (χ4n) is 3.46. The van der Waals surface area contributed by atoms with E-state index in [0.717, 1.165) is 30.3 Å². The zero-order valence-electron chi connectivity index (χ0n) is 16.8. The van der Waals surface area contributed by atoms with Crippen LogP contribution in [0, 0.1) is 17.5 Å². The number of halogens is 3. The van der Waals surface area contributed by atoms with E-state index < -0.39 is 40.8 Å². The molecule has 1 aromatic carbocycles. The molecule has 0 amide bonds. The second-order valence-electron chi connectivity index (χ2n) is 7.23. The molecule has 0 bridgehead atoms. The van der Waals surface area contributed by atoms with Gasteiger partial charge in [-0.05, 0) is 42.3 Å². The summed E-state index contributed by atoms with van der Waals surface area (Å²) in [4.78, 5) is 20.9. The minimum atomic E-state index is -0.986. The fourth-order valence-corrected chi connectivity index (χ4v) is 3.46.